The van der Waals surface area contributed by atoms with E-state index in [-0.39, 0.29) is 23.8 Å². The zero-order chi connectivity index (χ0) is 21.5. The van der Waals surface area contributed by atoms with Crippen LogP contribution in [0.1, 0.15) is 42.5 Å². The fourth-order valence-electron chi connectivity index (χ4n) is 3.60. The molecule has 0 aliphatic carbocycles. The molecule has 6 N–H and O–H groups in total. The second-order valence-electron chi connectivity index (χ2n) is 7.52. The van der Waals surface area contributed by atoms with Crippen LogP contribution in [0.5, 0.6) is 0 Å². The number of guanidine groups is 1. The maximum atomic E-state index is 12.9. The van der Waals surface area contributed by atoms with Gasteiger partial charge in [0.15, 0.2) is 5.96 Å². The Hall–Kier alpha value is -3.36. The second kappa shape index (κ2) is 9.91. The number of amides is 3. The Morgan fingerprint density at radius 3 is 2.63 bits per heavy atom. The number of likely N-dealkylation sites (tertiary alicyclic amines) is 1. The van der Waals surface area contributed by atoms with Crippen molar-refractivity contribution in [3.8, 4) is 0 Å². The molecule has 0 radical (unpaired) electrons. The highest BCUT2D eigenvalue weighted by Crippen LogP contribution is 2.17. The Kier molecular flexibility index (Phi) is 7.05. The van der Waals surface area contributed by atoms with Crippen molar-refractivity contribution in [2.45, 2.75) is 44.2 Å². The van der Waals surface area contributed by atoms with Crippen molar-refractivity contribution in [1.82, 2.24) is 15.5 Å². The number of piperidine rings is 1. The van der Waals surface area contributed by atoms with Crippen LogP contribution in [-0.4, -0.2) is 53.8 Å². The predicted octanol–water partition coefficient (Wildman–Crippen LogP) is 0.938. The van der Waals surface area contributed by atoms with Gasteiger partial charge in [-0.1, -0.05) is 24.3 Å². The first-order chi connectivity index (χ1) is 14.4. The third-order valence-electron chi connectivity index (χ3n) is 5.33. The monoisotopic (exact) mass is 412 g/mol. The number of hydrogen-bond acceptors (Lipinski definition) is 4. The van der Waals surface area contributed by atoms with E-state index in [1.807, 2.05) is 12.2 Å². The van der Waals surface area contributed by atoms with Gasteiger partial charge in [0.2, 0.25) is 11.8 Å². The van der Waals surface area contributed by atoms with Crippen LogP contribution in [0.3, 0.4) is 0 Å². The average molecular weight is 412 g/mol. The summed E-state index contributed by atoms with van der Waals surface area (Å²) in [7, 11) is 0. The molecular formula is C21H28N6O3. The number of nitrogens with one attached hydrogen (secondary N) is 4. The molecule has 1 fully saturated rings. The van der Waals surface area contributed by atoms with Gasteiger partial charge in [-0.2, -0.15) is 0 Å². The SMILES string of the molecule is N=C(N)N1CCC(NC(=O)C2C/C=C\CCC(=O)Nc3ccccc3C(=O)N2)CC1. The molecule has 2 aliphatic heterocycles. The number of carbonyl (C=O) groups excluding carboxylic acids is 3. The topological polar surface area (TPSA) is 140 Å². The molecule has 0 bridgehead atoms. The normalized spacial score (nSPS) is 21.9. The minimum Gasteiger partial charge on any atom is -0.370 e. The molecule has 9 heteroatoms. The summed E-state index contributed by atoms with van der Waals surface area (Å²) in [6, 6.07) is 6.01. The van der Waals surface area contributed by atoms with Gasteiger partial charge < -0.3 is 26.6 Å². The standard InChI is InChI=1S/C21H28N6O3/c22-21(23)27-12-10-14(11-13-27)24-20(30)17-8-2-1-3-9-18(28)25-16-7-5-4-6-15(16)19(29)26-17/h1-2,4-7,14,17H,3,8-13H2,(H3,22,23)(H,24,30)(H,25,28)(H,26,29)/b2-1-. The first kappa shape index (κ1) is 21.4. The van der Waals surface area contributed by atoms with Crippen LogP contribution in [0.4, 0.5) is 5.69 Å². The van der Waals surface area contributed by atoms with E-state index < -0.39 is 11.9 Å². The van der Waals surface area contributed by atoms with Gasteiger partial charge in [-0.3, -0.25) is 19.8 Å². The molecule has 0 spiro atoms. The summed E-state index contributed by atoms with van der Waals surface area (Å²) in [6.45, 7) is 1.23. The molecular weight excluding hydrogens is 384 g/mol. The third kappa shape index (κ3) is 5.59. The van der Waals surface area contributed by atoms with E-state index in [2.05, 4.69) is 16.0 Å². The number of nitrogens with two attached hydrogens (primary N) is 1. The summed E-state index contributed by atoms with van der Waals surface area (Å²) in [5, 5.41) is 16.1. The molecule has 160 valence electrons. The number of anilines is 1. The van der Waals surface area contributed by atoms with Gasteiger partial charge in [-0.05, 0) is 37.8 Å². The third-order valence-corrected chi connectivity index (χ3v) is 5.33. The molecule has 0 aromatic heterocycles. The summed E-state index contributed by atoms with van der Waals surface area (Å²) in [5.41, 5.74) is 6.27. The molecule has 1 saturated heterocycles. The molecule has 1 atom stereocenters. The Balaban J connectivity index is 1.70. The molecule has 1 aromatic carbocycles. The van der Waals surface area contributed by atoms with E-state index in [9.17, 15) is 14.4 Å². The fraction of sp³-hybridized carbons (Fsp3) is 0.429. The minimum absolute atomic E-state index is 0.0260. The lowest BCUT2D eigenvalue weighted by molar-refractivity contribution is -0.124. The maximum Gasteiger partial charge on any atom is 0.254 e. The Labute approximate surface area is 175 Å². The zero-order valence-corrected chi connectivity index (χ0v) is 16.8. The van der Waals surface area contributed by atoms with E-state index in [1.54, 1.807) is 29.2 Å². The average Bonchev–Trinajstić information content (AvgIpc) is 2.72. The molecule has 1 unspecified atom stereocenters. The number of para-hydroxylation sites is 1. The number of hydrogen-bond donors (Lipinski definition) is 5. The summed E-state index contributed by atoms with van der Waals surface area (Å²) in [6.07, 6.45) is 6.26. The van der Waals surface area contributed by atoms with Gasteiger partial charge >= 0.3 is 0 Å². The number of rotatable bonds is 2. The van der Waals surface area contributed by atoms with Gasteiger partial charge in [-0.15, -0.1) is 0 Å². The second-order valence-corrected chi connectivity index (χ2v) is 7.52. The van der Waals surface area contributed by atoms with Crippen molar-refractivity contribution in [2.24, 2.45) is 5.73 Å². The summed E-state index contributed by atoms with van der Waals surface area (Å²) < 4.78 is 0. The van der Waals surface area contributed by atoms with Crippen LogP contribution in [0, 0.1) is 5.41 Å². The first-order valence-electron chi connectivity index (χ1n) is 10.2. The lowest BCUT2D eigenvalue weighted by Gasteiger charge is -2.33. The van der Waals surface area contributed by atoms with Crippen LogP contribution in [0.25, 0.3) is 0 Å². The molecule has 3 rings (SSSR count). The van der Waals surface area contributed by atoms with Crippen molar-refractivity contribution in [1.29, 1.82) is 5.41 Å². The molecule has 3 amide bonds. The molecule has 9 nitrogen and oxygen atoms in total. The Bertz CT molecular complexity index is 845. The Morgan fingerprint density at radius 1 is 1.17 bits per heavy atom. The van der Waals surface area contributed by atoms with Crippen LogP contribution in [0.2, 0.25) is 0 Å². The molecule has 1 aromatic rings. The largest absolute Gasteiger partial charge is 0.370 e. The van der Waals surface area contributed by atoms with Crippen LogP contribution in [-0.2, 0) is 9.59 Å². The van der Waals surface area contributed by atoms with Crippen molar-refractivity contribution in [2.75, 3.05) is 18.4 Å². The van der Waals surface area contributed by atoms with Crippen LogP contribution in [0.15, 0.2) is 36.4 Å². The fourth-order valence-corrected chi connectivity index (χ4v) is 3.60. The highest BCUT2D eigenvalue weighted by Gasteiger charge is 2.26. The maximum absolute atomic E-state index is 12.9. The molecule has 2 heterocycles. The smallest absolute Gasteiger partial charge is 0.254 e. The highest BCUT2D eigenvalue weighted by molar-refractivity contribution is 6.05. The predicted molar refractivity (Wildman–Crippen MR) is 114 cm³/mol. The highest BCUT2D eigenvalue weighted by atomic mass is 16.2. The van der Waals surface area contributed by atoms with Crippen molar-refractivity contribution < 1.29 is 14.4 Å². The van der Waals surface area contributed by atoms with Gasteiger partial charge in [0.1, 0.15) is 6.04 Å². The molecule has 0 saturated carbocycles. The number of nitrogens with zero attached hydrogens (tertiary/aromatic N) is 1. The van der Waals surface area contributed by atoms with Gasteiger partial charge in [0, 0.05) is 25.6 Å². The van der Waals surface area contributed by atoms with Gasteiger partial charge in [0.05, 0.1) is 11.3 Å². The lowest BCUT2D eigenvalue weighted by atomic mass is 10.0. The lowest BCUT2D eigenvalue weighted by Crippen LogP contribution is -2.53. The van der Waals surface area contributed by atoms with E-state index in [1.165, 1.54) is 0 Å². The van der Waals surface area contributed by atoms with Crippen molar-refractivity contribution in [3.05, 3.63) is 42.0 Å². The summed E-state index contributed by atoms with van der Waals surface area (Å²) >= 11 is 0. The summed E-state index contributed by atoms with van der Waals surface area (Å²) in [5.74, 6) is -0.770. The van der Waals surface area contributed by atoms with Gasteiger partial charge in [-0.25, -0.2) is 0 Å². The number of benzene rings is 1. The van der Waals surface area contributed by atoms with E-state index in [4.69, 9.17) is 11.1 Å². The molecule has 30 heavy (non-hydrogen) atoms. The number of allylic oxidation sites excluding steroid dienone is 1. The van der Waals surface area contributed by atoms with E-state index >= 15 is 0 Å². The number of fused-ring (bicyclic) bond motifs is 1. The zero-order valence-electron chi connectivity index (χ0n) is 16.8. The molecule has 2 aliphatic rings. The summed E-state index contributed by atoms with van der Waals surface area (Å²) in [4.78, 5) is 39.6. The quantitative estimate of drug-likeness (QED) is 0.279. The van der Waals surface area contributed by atoms with Crippen LogP contribution < -0.4 is 21.7 Å². The van der Waals surface area contributed by atoms with E-state index in [0.717, 1.165) is 0 Å². The van der Waals surface area contributed by atoms with E-state index in [0.29, 0.717) is 56.4 Å². The van der Waals surface area contributed by atoms with Gasteiger partial charge in [0.25, 0.3) is 5.91 Å². The number of carbonyl (C=O) groups is 3. The van der Waals surface area contributed by atoms with Crippen molar-refractivity contribution >= 4 is 29.4 Å². The van der Waals surface area contributed by atoms with Crippen molar-refractivity contribution in [3.63, 3.8) is 0 Å². The Morgan fingerprint density at radius 2 is 1.90 bits per heavy atom. The minimum atomic E-state index is -0.720. The first-order valence-corrected chi connectivity index (χ1v) is 10.2. The van der Waals surface area contributed by atoms with Crippen LogP contribution >= 0.6 is 0 Å².